The second-order valence-electron chi connectivity index (χ2n) is 6.45. The monoisotopic (exact) mass is 339 g/mol. The third-order valence-electron chi connectivity index (χ3n) is 5.14. The average Bonchev–Trinajstić information content (AvgIpc) is 2.64. The lowest BCUT2D eigenvalue weighted by molar-refractivity contribution is 0.0699. The Morgan fingerprint density at radius 2 is 1.19 bits per heavy atom. The number of carboxylic acids is 1. The van der Waals surface area contributed by atoms with Crippen LogP contribution in [0.15, 0.2) is 60.7 Å². The molecular weight excluding hydrogens is 326 g/mol. The summed E-state index contributed by atoms with van der Waals surface area (Å²) in [7, 11) is 0. The first kappa shape index (κ1) is 14.7. The number of amides is 1. The molecular formula is C22H13NO3. The molecule has 124 valence electrons. The number of fused-ring (bicyclic) bond motifs is 2. The number of primary amides is 1. The molecule has 0 aliphatic carbocycles. The van der Waals surface area contributed by atoms with E-state index in [0.717, 1.165) is 37.7 Å². The van der Waals surface area contributed by atoms with E-state index in [4.69, 9.17) is 5.73 Å². The van der Waals surface area contributed by atoms with Crippen molar-refractivity contribution in [2.24, 2.45) is 5.73 Å². The van der Waals surface area contributed by atoms with Crippen LogP contribution in [0.25, 0.3) is 43.1 Å². The highest BCUT2D eigenvalue weighted by molar-refractivity contribution is 6.35. The van der Waals surface area contributed by atoms with Gasteiger partial charge in [-0.1, -0.05) is 48.5 Å². The minimum Gasteiger partial charge on any atom is -0.478 e. The Kier molecular flexibility index (Phi) is 2.78. The molecule has 0 saturated carbocycles. The lowest BCUT2D eigenvalue weighted by Gasteiger charge is -2.16. The highest BCUT2D eigenvalue weighted by Crippen LogP contribution is 2.41. The molecule has 4 nitrogen and oxygen atoms in total. The second kappa shape index (κ2) is 4.92. The first-order valence-corrected chi connectivity index (χ1v) is 8.23. The summed E-state index contributed by atoms with van der Waals surface area (Å²) in [4.78, 5) is 23.8. The third-order valence-corrected chi connectivity index (χ3v) is 5.14. The summed E-state index contributed by atoms with van der Waals surface area (Å²) in [6.07, 6.45) is 0. The minimum atomic E-state index is -1.08. The molecule has 3 N–H and O–H groups in total. The Labute approximate surface area is 147 Å². The first-order chi connectivity index (χ1) is 12.6. The number of benzene rings is 5. The lowest BCUT2D eigenvalue weighted by Crippen LogP contribution is -2.13. The van der Waals surface area contributed by atoms with E-state index < -0.39 is 11.9 Å². The van der Waals surface area contributed by atoms with Gasteiger partial charge in [-0.25, -0.2) is 4.79 Å². The standard InChI is InChI=1S/C22H13NO3/c23-21(24)16-9-7-14-12-5-1-3-11-4-2-6-13(18(11)12)15-8-10-17(22(25)26)20(16)19(14)15/h1-10H,(H2,23,24)(H,25,26). The number of hydrogen-bond acceptors (Lipinski definition) is 2. The average molecular weight is 339 g/mol. The molecule has 0 aromatic heterocycles. The predicted octanol–water partition coefficient (Wildman–Crippen LogP) is 4.53. The fourth-order valence-electron chi connectivity index (χ4n) is 4.12. The Morgan fingerprint density at radius 3 is 1.73 bits per heavy atom. The van der Waals surface area contributed by atoms with Crippen LogP contribution in [0.4, 0.5) is 0 Å². The molecule has 4 heteroatoms. The van der Waals surface area contributed by atoms with Crippen molar-refractivity contribution in [2.45, 2.75) is 0 Å². The fourth-order valence-corrected chi connectivity index (χ4v) is 4.12. The number of aromatic carboxylic acids is 1. The van der Waals surface area contributed by atoms with E-state index in [0.29, 0.717) is 5.39 Å². The molecule has 5 aromatic carbocycles. The van der Waals surface area contributed by atoms with Crippen LogP contribution in [-0.2, 0) is 0 Å². The molecule has 0 fully saturated rings. The Bertz CT molecular complexity index is 1290. The van der Waals surface area contributed by atoms with Crippen LogP contribution >= 0.6 is 0 Å². The van der Waals surface area contributed by atoms with Crippen LogP contribution in [0.1, 0.15) is 20.7 Å². The van der Waals surface area contributed by atoms with Gasteiger partial charge in [-0.15, -0.1) is 0 Å². The van der Waals surface area contributed by atoms with E-state index in [1.165, 1.54) is 0 Å². The molecule has 0 atom stereocenters. The Morgan fingerprint density at radius 1 is 0.654 bits per heavy atom. The van der Waals surface area contributed by atoms with Gasteiger partial charge in [-0.05, 0) is 49.8 Å². The van der Waals surface area contributed by atoms with Crippen LogP contribution in [0, 0.1) is 0 Å². The third kappa shape index (κ3) is 1.73. The van der Waals surface area contributed by atoms with Gasteiger partial charge in [0.1, 0.15) is 0 Å². The maximum Gasteiger partial charge on any atom is 0.336 e. The van der Waals surface area contributed by atoms with Crippen LogP contribution in [0.3, 0.4) is 0 Å². The fraction of sp³-hybridized carbons (Fsp3) is 0. The molecule has 0 aliphatic heterocycles. The second-order valence-corrected chi connectivity index (χ2v) is 6.45. The van der Waals surface area contributed by atoms with Crippen molar-refractivity contribution in [2.75, 3.05) is 0 Å². The summed E-state index contributed by atoms with van der Waals surface area (Å²) < 4.78 is 0. The number of hydrogen-bond donors (Lipinski definition) is 2. The van der Waals surface area contributed by atoms with Gasteiger partial charge in [0.05, 0.1) is 5.56 Å². The van der Waals surface area contributed by atoms with Crippen LogP contribution in [-0.4, -0.2) is 17.0 Å². The van der Waals surface area contributed by atoms with E-state index >= 15 is 0 Å². The highest BCUT2D eigenvalue weighted by Gasteiger charge is 2.20. The Balaban J connectivity index is 2.20. The van der Waals surface area contributed by atoms with Crippen molar-refractivity contribution in [3.05, 3.63) is 71.8 Å². The predicted molar refractivity (Wildman–Crippen MR) is 103 cm³/mol. The normalized spacial score (nSPS) is 11.7. The van der Waals surface area contributed by atoms with Crippen LogP contribution < -0.4 is 5.73 Å². The quantitative estimate of drug-likeness (QED) is 0.366. The molecule has 0 spiro atoms. The molecule has 0 heterocycles. The molecule has 0 aliphatic rings. The summed E-state index contributed by atoms with van der Waals surface area (Å²) in [6.45, 7) is 0. The van der Waals surface area contributed by atoms with Gasteiger partial charge in [0.15, 0.2) is 0 Å². The number of carbonyl (C=O) groups excluding carboxylic acids is 1. The summed E-state index contributed by atoms with van der Waals surface area (Å²) in [5.41, 5.74) is 5.87. The van der Waals surface area contributed by atoms with E-state index in [2.05, 4.69) is 12.1 Å². The van der Waals surface area contributed by atoms with Crippen LogP contribution in [0.2, 0.25) is 0 Å². The molecule has 1 amide bonds. The maximum atomic E-state index is 12.0. The van der Waals surface area contributed by atoms with E-state index in [1.807, 2.05) is 36.4 Å². The zero-order valence-electron chi connectivity index (χ0n) is 13.6. The van der Waals surface area contributed by atoms with Crippen molar-refractivity contribution in [1.82, 2.24) is 0 Å². The molecule has 5 rings (SSSR count). The van der Waals surface area contributed by atoms with Crippen molar-refractivity contribution < 1.29 is 14.7 Å². The Hall–Kier alpha value is -3.66. The molecule has 0 unspecified atom stereocenters. The topological polar surface area (TPSA) is 80.4 Å². The molecule has 0 radical (unpaired) electrons. The first-order valence-electron chi connectivity index (χ1n) is 8.23. The number of rotatable bonds is 2. The van der Waals surface area contributed by atoms with Gasteiger partial charge in [-0.2, -0.15) is 0 Å². The number of carbonyl (C=O) groups is 2. The summed E-state index contributed by atoms with van der Waals surface area (Å²) >= 11 is 0. The summed E-state index contributed by atoms with van der Waals surface area (Å²) in [5.74, 6) is -1.71. The minimum absolute atomic E-state index is 0.0888. The van der Waals surface area contributed by atoms with Gasteiger partial charge in [0, 0.05) is 10.9 Å². The lowest BCUT2D eigenvalue weighted by atomic mass is 9.86. The molecule has 0 saturated heterocycles. The van der Waals surface area contributed by atoms with Gasteiger partial charge in [-0.3, -0.25) is 4.79 Å². The number of carboxylic acid groups (broad SMARTS) is 1. The summed E-state index contributed by atoms with van der Waals surface area (Å²) in [5, 5.41) is 17.0. The zero-order chi connectivity index (χ0) is 18.0. The van der Waals surface area contributed by atoms with Gasteiger partial charge < -0.3 is 10.8 Å². The van der Waals surface area contributed by atoms with Gasteiger partial charge in [0.25, 0.3) is 0 Å². The summed E-state index contributed by atoms with van der Waals surface area (Å²) in [6, 6.07) is 19.0. The van der Waals surface area contributed by atoms with Crippen molar-refractivity contribution in [3.63, 3.8) is 0 Å². The SMILES string of the molecule is NC(=O)c1ccc2c3cccc4cccc(c5ccc(C(=O)O)c1c25)c43. The largest absolute Gasteiger partial charge is 0.478 e. The van der Waals surface area contributed by atoms with Gasteiger partial charge in [0.2, 0.25) is 5.91 Å². The van der Waals surface area contributed by atoms with Crippen molar-refractivity contribution in [1.29, 1.82) is 0 Å². The maximum absolute atomic E-state index is 12.0. The van der Waals surface area contributed by atoms with Crippen molar-refractivity contribution in [3.8, 4) is 0 Å². The van der Waals surface area contributed by atoms with E-state index in [9.17, 15) is 14.7 Å². The van der Waals surface area contributed by atoms with Gasteiger partial charge >= 0.3 is 5.97 Å². The zero-order valence-corrected chi connectivity index (χ0v) is 13.6. The molecule has 26 heavy (non-hydrogen) atoms. The smallest absolute Gasteiger partial charge is 0.336 e. The van der Waals surface area contributed by atoms with Crippen LogP contribution in [0.5, 0.6) is 0 Å². The van der Waals surface area contributed by atoms with E-state index in [-0.39, 0.29) is 11.1 Å². The highest BCUT2D eigenvalue weighted by atomic mass is 16.4. The van der Waals surface area contributed by atoms with E-state index in [1.54, 1.807) is 12.1 Å². The molecule has 0 bridgehead atoms. The molecule has 5 aromatic rings. The van der Waals surface area contributed by atoms with Crippen molar-refractivity contribution >= 4 is 55.0 Å². The number of nitrogens with two attached hydrogens (primary N) is 1.